The highest BCUT2D eigenvalue weighted by molar-refractivity contribution is 7.14. The van der Waals surface area contributed by atoms with E-state index in [0.717, 1.165) is 9.75 Å². The van der Waals surface area contributed by atoms with Gasteiger partial charge in [-0.2, -0.15) is 0 Å². The summed E-state index contributed by atoms with van der Waals surface area (Å²) >= 11 is 1.43. The van der Waals surface area contributed by atoms with Gasteiger partial charge in [0.15, 0.2) is 5.78 Å². The van der Waals surface area contributed by atoms with Crippen molar-refractivity contribution in [2.75, 3.05) is 6.54 Å². The highest BCUT2D eigenvalue weighted by Crippen LogP contribution is 2.17. The zero-order chi connectivity index (χ0) is 14.5. The van der Waals surface area contributed by atoms with E-state index < -0.39 is 5.82 Å². The fraction of sp³-hybridized carbons (Fsp3) is 0.200. The van der Waals surface area contributed by atoms with Gasteiger partial charge < -0.3 is 5.32 Å². The fourth-order valence-corrected chi connectivity index (χ4v) is 2.63. The molecule has 0 radical (unpaired) electrons. The zero-order valence-corrected chi connectivity index (χ0v) is 11.8. The molecule has 2 rings (SSSR count). The number of benzene rings is 1. The minimum Gasteiger partial charge on any atom is -0.352 e. The molecule has 20 heavy (non-hydrogen) atoms. The molecule has 1 N–H and O–H groups in total. The SMILES string of the molecule is CC(=O)c1ccc(CCNC(=O)c2cccc(F)c2)s1. The van der Waals surface area contributed by atoms with Crippen LogP contribution < -0.4 is 5.32 Å². The third kappa shape index (κ3) is 3.74. The van der Waals surface area contributed by atoms with Crippen molar-refractivity contribution >= 4 is 23.0 Å². The number of hydrogen-bond acceptors (Lipinski definition) is 3. The molecule has 0 saturated carbocycles. The van der Waals surface area contributed by atoms with E-state index in [9.17, 15) is 14.0 Å². The van der Waals surface area contributed by atoms with Gasteiger partial charge in [0.1, 0.15) is 5.82 Å². The van der Waals surface area contributed by atoms with Gasteiger partial charge in [-0.15, -0.1) is 11.3 Å². The van der Waals surface area contributed by atoms with Crippen molar-refractivity contribution in [2.45, 2.75) is 13.3 Å². The predicted molar refractivity (Wildman–Crippen MR) is 76.8 cm³/mol. The van der Waals surface area contributed by atoms with E-state index in [0.29, 0.717) is 18.5 Å². The Balaban J connectivity index is 1.86. The quantitative estimate of drug-likeness (QED) is 0.861. The molecule has 0 fully saturated rings. The Morgan fingerprint density at radius 1 is 1.25 bits per heavy atom. The molecular formula is C15H14FNO2S. The Morgan fingerprint density at radius 3 is 2.70 bits per heavy atom. The lowest BCUT2D eigenvalue weighted by atomic mass is 10.2. The van der Waals surface area contributed by atoms with Crippen molar-refractivity contribution in [2.24, 2.45) is 0 Å². The van der Waals surface area contributed by atoms with Gasteiger partial charge in [0.2, 0.25) is 0 Å². The molecule has 5 heteroatoms. The summed E-state index contributed by atoms with van der Waals surface area (Å²) in [7, 11) is 0. The second kappa shape index (κ2) is 6.43. The fourth-order valence-electron chi connectivity index (χ4n) is 1.73. The number of thiophene rings is 1. The van der Waals surface area contributed by atoms with Crippen molar-refractivity contribution in [3.8, 4) is 0 Å². The highest BCUT2D eigenvalue weighted by atomic mass is 32.1. The van der Waals surface area contributed by atoms with E-state index in [2.05, 4.69) is 5.32 Å². The molecule has 0 aliphatic carbocycles. The number of hydrogen-bond donors (Lipinski definition) is 1. The van der Waals surface area contributed by atoms with Crippen LogP contribution in [-0.2, 0) is 6.42 Å². The third-order valence-electron chi connectivity index (χ3n) is 2.75. The molecule has 1 heterocycles. The van der Waals surface area contributed by atoms with E-state index in [1.807, 2.05) is 6.07 Å². The molecule has 0 aliphatic heterocycles. The zero-order valence-electron chi connectivity index (χ0n) is 11.0. The van der Waals surface area contributed by atoms with Gasteiger partial charge in [-0.3, -0.25) is 9.59 Å². The van der Waals surface area contributed by atoms with Crippen LogP contribution in [0.5, 0.6) is 0 Å². The molecule has 0 atom stereocenters. The molecule has 0 saturated heterocycles. The molecule has 1 aromatic heterocycles. The molecule has 0 spiro atoms. The summed E-state index contributed by atoms with van der Waals surface area (Å²) < 4.78 is 13.0. The number of Topliss-reactive ketones (excluding diaryl/α,β-unsaturated/α-hetero) is 1. The molecule has 0 bridgehead atoms. The summed E-state index contributed by atoms with van der Waals surface area (Å²) in [5.41, 5.74) is 0.306. The molecule has 104 valence electrons. The first kappa shape index (κ1) is 14.4. The van der Waals surface area contributed by atoms with Crippen LogP contribution in [-0.4, -0.2) is 18.2 Å². The van der Waals surface area contributed by atoms with Gasteiger partial charge in [0.25, 0.3) is 5.91 Å². The number of ketones is 1. The average Bonchev–Trinajstić information content (AvgIpc) is 2.87. The van der Waals surface area contributed by atoms with Crippen LogP contribution >= 0.6 is 11.3 Å². The topological polar surface area (TPSA) is 46.2 Å². The minimum atomic E-state index is -0.429. The Bertz CT molecular complexity index is 636. The molecule has 1 amide bonds. The minimum absolute atomic E-state index is 0.0463. The normalized spacial score (nSPS) is 10.3. The van der Waals surface area contributed by atoms with Gasteiger partial charge in [-0.25, -0.2) is 4.39 Å². The van der Waals surface area contributed by atoms with Crippen LogP contribution in [0.15, 0.2) is 36.4 Å². The lowest BCUT2D eigenvalue weighted by Crippen LogP contribution is -2.25. The van der Waals surface area contributed by atoms with E-state index in [1.54, 1.807) is 12.1 Å². The molecule has 0 aliphatic rings. The largest absolute Gasteiger partial charge is 0.352 e. The Hall–Kier alpha value is -2.01. The van der Waals surface area contributed by atoms with Gasteiger partial charge >= 0.3 is 0 Å². The number of rotatable bonds is 5. The number of amides is 1. The maximum atomic E-state index is 13.0. The van der Waals surface area contributed by atoms with Gasteiger partial charge in [0.05, 0.1) is 4.88 Å². The monoisotopic (exact) mass is 291 g/mol. The Labute approximate surface area is 120 Å². The highest BCUT2D eigenvalue weighted by Gasteiger charge is 2.07. The molecule has 1 aromatic carbocycles. The van der Waals surface area contributed by atoms with Gasteiger partial charge in [-0.1, -0.05) is 6.07 Å². The van der Waals surface area contributed by atoms with Crippen molar-refractivity contribution < 1.29 is 14.0 Å². The first-order valence-electron chi connectivity index (χ1n) is 6.19. The van der Waals surface area contributed by atoms with Crippen LogP contribution in [0.25, 0.3) is 0 Å². The first-order chi connectivity index (χ1) is 9.56. The second-order valence-corrected chi connectivity index (χ2v) is 5.51. The molecule has 3 nitrogen and oxygen atoms in total. The van der Waals surface area contributed by atoms with Gasteiger partial charge in [0, 0.05) is 17.0 Å². The van der Waals surface area contributed by atoms with Gasteiger partial charge in [-0.05, 0) is 43.7 Å². The third-order valence-corrected chi connectivity index (χ3v) is 4.00. The molecular weight excluding hydrogens is 277 g/mol. The summed E-state index contributed by atoms with van der Waals surface area (Å²) in [6, 6.07) is 9.24. The van der Waals surface area contributed by atoms with E-state index in [1.165, 1.54) is 36.5 Å². The number of nitrogens with one attached hydrogen (secondary N) is 1. The van der Waals surface area contributed by atoms with E-state index in [4.69, 9.17) is 0 Å². The lowest BCUT2D eigenvalue weighted by molar-refractivity contribution is 0.0952. The van der Waals surface area contributed by atoms with E-state index >= 15 is 0 Å². The number of carbonyl (C=O) groups is 2. The summed E-state index contributed by atoms with van der Waals surface area (Å²) in [6.45, 7) is 1.98. The average molecular weight is 291 g/mol. The van der Waals surface area contributed by atoms with Crippen LogP contribution in [0.2, 0.25) is 0 Å². The number of halogens is 1. The summed E-state index contributed by atoms with van der Waals surface area (Å²) in [5.74, 6) is -0.681. The number of carbonyl (C=O) groups excluding carboxylic acids is 2. The lowest BCUT2D eigenvalue weighted by Gasteiger charge is -2.04. The van der Waals surface area contributed by atoms with Crippen molar-refractivity contribution in [3.05, 3.63) is 57.5 Å². The Morgan fingerprint density at radius 2 is 2.05 bits per heavy atom. The summed E-state index contributed by atoms with van der Waals surface area (Å²) in [5, 5.41) is 2.73. The van der Waals surface area contributed by atoms with Crippen LogP contribution in [0.4, 0.5) is 4.39 Å². The van der Waals surface area contributed by atoms with E-state index in [-0.39, 0.29) is 11.7 Å². The smallest absolute Gasteiger partial charge is 0.251 e. The summed E-state index contributed by atoms with van der Waals surface area (Å²) in [4.78, 5) is 24.7. The summed E-state index contributed by atoms with van der Waals surface area (Å²) in [6.07, 6.45) is 0.652. The van der Waals surface area contributed by atoms with Crippen LogP contribution in [0, 0.1) is 5.82 Å². The van der Waals surface area contributed by atoms with Crippen molar-refractivity contribution in [1.29, 1.82) is 0 Å². The maximum absolute atomic E-state index is 13.0. The van der Waals surface area contributed by atoms with Crippen LogP contribution in [0.1, 0.15) is 31.8 Å². The van der Waals surface area contributed by atoms with Crippen molar-refractivity contribution in [1.82, 2.24) is 5.32 Å². The van der Waals surface area contributed by atoms with Crippen molar-refractivity contribution in [3.63, 3.8) is 0 Å². The Kier molecular flexibility index (Phi) is 4.63. The van der Waals surface area contributed by atoms with Crippen LogP contribution in [0.3, 0.4) is 0 Å². The standard InChI is InChI=1S/C15H14FNO2S/c1-10(18)14-6-5-13(20-14)7-8-17-15(19)11-3-2-4-12(16)9-11/h2-6,9H,7-8H2,1H3,(H,17,19). The molecule has 0 unspecified atom stereocenters. The predicted octanol–water partition coefficient (Wildman–Crippen LogP) is 3.06. The first-order valence-corrected chi connectivity index (χ1v) is 7.01. The maximum Gasteiger partial charge on any atom is 0.251 e. The second-order valence-electron chi connectivity index (χ2n) is 4.34. The molecule has 2 aromatic rings.